The number of carbonyl (C=O) groups is 1. The van der Waals surface area contributed by atoms with Gasteiger partial charge in [-0.05, 0) is 35.2 Å². The Hall–Kier alpha value is -4.12. The fraction of sp³-hybridized carbons (Fsp3) is 0.351. The van der Waals surface area contributed by atoms with E-state index in [-0.39, 0.29) is 30.0 Å². The molecule has 2 heterocycles. The van der Waals surface area contributed by atoms with Crippen molar-refractivity contribution in [1.29, 1.82) is 0 Å². The number of alkyl halides is 3. The van der Waals surface area contributed by atoms with Crippen LogP contribution in [0.1, 0.15) is 34.6 Å². The summed E-state index contributed by atoms with van der Waals surface area (Å²) in [7, 11) is 1.39. The van der Waals surface area contributed by atoms with Gasteiger partial charge in [0.15, 0.2) is 0 Å². The summed E-state index contributed by atoms with van der Waals surface area (Å²) in [5.74, 6) is 1.05. The van der Waals surface area contributed by atoms with Gasteiger partial charge in [0.25, 0.3) is 0 Å². The first-order chi connectivity index (χ1) is 23.2. The number of ether oxygens (including phenoxy) is 2. The lowest BCUT2D eigenvalue weighted by Crippen LogP contribution is -2.48. The van der Waals surface area contributed by atoms with E-state index < -0.39 is 11.7 Å². The Labute approximate surface area is 284 Å². The average molecular weight is 681 g/mol. The molecule has 48 heavy (non-hydrogen) atoms. The molecule has 1 aliphatic heterocycles. The van der Waals surface area contributed by atoms with Crippen LogP contribution in [0, 0.1) is 0 Å². The van der Waals surface area contributed by atoms with Crippen LogP contribution in [0.25, 0.3) is 0 Å². The van der Waals surface area contributed by atoms with E-state index >= 15 is 0 Å². The lowest BCUT2D eigenvalue weighted by Gasteiger charge is -2.34. The van der Waals surface area contributed by atoms with Gasteiger partial charge in [0.2, 0.25) is 5.88 Å². The molecule has 1 saturated heterocycles. The standard InChI is InChI=1S/C37H40ClF3N4O3/c1-47-35(46)27-43-20-22-45(23-21-43)33-17-9-18-34(42-33)48-24-10-19-44(25-30-15-8-16-32(36(30)38)37(39,40)41)26-31(28-11-4-2-5-12-28)29-13-6-3-7-14-29/h2-9,11-18,31H,10,19-27H2,1H3. The summed E-state index contributed by atoms with van der Waals surface area (Å²) in [4.78, 5) is 22.7. The smallest absolute Gasteiger partial charge is 0.417 e. The molecule has 5 rings (SSSR count). The first-order valence-electron chi connectivity index (χ1n) is 16.0. The van der Waals surface area contributed by atoms with Crippen molar-refractivity contribution in [2.75, 3.05) is 64.4 Å². The number of pyridine rings is 1. The van der Waals surface area contributed by atoms with Gasteiger partial charge in [-0.25, -0.2) is 0 Å². The molecular formula is C37H40ClF3N4O3. The number of anilines is 1. The second-order valence-corrected chi connectivity index (χ2v) is 12.1. The second kappa shape index (κ2) is 16.8. The topological polar surface area (TPSA) is 58.1 Å². The number of hydrogen-bond acceptors (Lipinski definition) is 7. The van der Waals surface area contributed by atoms with Crippen molar-refractivity contribution in [2.45, 2.75) is 25.1 Å². The third kappa shape index (κ3) is 9.71. The predicted molar refractivity (Wildman–Crippen MR) is 181 cm³/mol. The minimum atomic E-state index is -4.54. The fourth-order valence-electron chi connectivity index (χ4n) is 5.94. The highest BCUT2D eigenvalue weighted by Crippen LogP contribution is 2.37. The maximum absolute atomic E-state index is 13.7. The predicted octanol–water partition coefficient (Wildman–Crippen LogP) is 7.15. The zero-order valence-electron chi connectivity index (χ0n) is 26.9. The third-order valence-electron chi connectivity index (χ3n) is 8.48. The molecule has 11 heteroatoms. The molecular weight excluding hydrogens is 641 g/mol. The van der Waals surface area contributed by atoms with Gasteiger partial charge in [0.05, 0.1) is 30.8 Å². The Morgan fingerprint density at radius 1 is 0.896 bits per heavy atom. The minimum Gasteiger partial charge on any atom is -0.478 e. The number of aromatic nitrogens is 1. The van der Waals surface area contributed by atoms with Crippen LogP contribution in [0.3, 0.4) is 0 Å². The van der Waals surface area contributed by atoms with Crippen LogP contribution < -0.4 is 9.64 Å². The van der Waals surface area contributed by atoms with Crippen molar-refractivity contribution < 1.29 is 27.4 Å². The summed E-state index contributed by atoms with van der Waals surface area (Å²) in [6.45, 7) is 4.92. The highest BCUT2D eigenvalue weighted by molar-refractivity contribution is 6.32. The van der Waals surface area contributed by atoms with Crippen molar-refractivity contribution in [3.05, 3.63) is 124 Å². The first kappa shape index (κ1) is 35.2. The largest absolute Gasteiger partial charge is 0.478 e. The summed E-state index contributed by atoms with van der Waals surface area (Å²) < 4.78 is 52.0. The number of benzene rings is 3. The van der Waals surface area contributed by atoms with Crippen molar-refractivity contribution >= 4 is 23.4 Å². The number of rotatable bonds is 14. The molecule has 0 N–H and O–H groups in total. The molecule has 0 aliphatic carbocycles. The molecule has 254 valence electrons. The van der Waals surface area contributed by atoms with E-state index in [0.717, 1.165) is 49.2 Å². The van der Waals surface area contributed by atoms with Gasteiger partial charge in [-0.3, -0.25) is 14.6 Å². The van der Waals surface area contributed by atoms with E-state index in [2.05, 4.69) is 39.0 Å². The van der Waals surface area contributed by atoms with Gasteiger partial charge in [-0.15, -0.1) is 0 Å². The van der Waals surface area contributed by atoms with Crippen LogP contribution in [0.15, 0.2) is 97.1 Å². The van der Waals surface area contributed by atoms with Crippen molar-refractivity contribution in [1.82, 2.24) is 14.8 Å². The Kier molecular flexibility index (Phi) is 12.3. The third-order valence-corrected chi connectivity index (χ3v) is 8.92. The number of piperazine rings is 1. The maximum atomic E-state index is 13.7. The molecule has 0 spiro atoms. The summed E-state index contributed by atoms with van der Waals surface area (Å²) in [5, 5.41) is -0.269. The molecule has 1 aromatic heterocycles. The molecule has 0 bridgehead atoms. The van der Waals surface area contributed by atoms with Crippen LogP contribution in [0.4, 0.5) is 19.0 Å². The van der Waals surface area contributed by atoms with Gasteiger partial charge in [0, 0.05) is 57.8 Å². The van der Waals surface area contributed by atoms with Crippen molar-refractivity contribution in [3.8, 4) is 5.88 Å². The van der Waals surface area contributed by atoms with E-state index in [4.69, 9.17) is 26.1 Å². The Morgan fingerprint density at radius 3 is 2.17 bits per heavy atom. The quantitative estimate of drug-likeness (QED) is 0.104. The number of carbonyl (C=O) groups excluding carboxylic acids is 1. The monoisotopic (exact) mass is 680 g/mol. The molecule has 0 unspecified atom stereocenters. The SMILES string of the molecule is COC(=O)CN1CCN(c2cccc(OCCCN(Cc3cccc(C(F)(F)F)c3Cl)CC(c3ccccc3)c3ccccc3)n2)CC1. The lowest BCUT2D eigenvalue weighted by atomic mass is 9.90. The average Bonchev–Trinajstić information content (AvgIpc) is 3.10. The van der Waals surface area contributed by atoms with Crippen LogP contribution in [0.5, 0.6) is 5.88 Å². The normalized spacial score (nSPS) is 14.0. The van der Waals surface area contributed by atoms with Gasteiger partial charge in [-0.2, -0.15) is 18.2 Å². The van der Waals surface area contributed by atoms with Gasteiger partial charge >= 0.3 is 12.1 Å². The Bertz CT molecular complexity index is 1560. The van der Waals surface area contributed by atoms with Crippen LogP contribution in [-0.2, 0) is 22.3 Å². The molecule has 7 nitrogen and oxygen atoms in total. The Balaban J connectivity index is 1.27. The molecule has 3 aromatic carbocycles. The van der Waals surface area contributed by atoms with Crippen LogP contribution >= 0.6 is 11.6 Å². The molecule has 1 fully saturated rings. The number of nitrogens with zero attached hydrogens (tertiary/aromatic N) is 4. The molecule has 0 saturated carbocycles. The second-order valence-electron chi connectivity index (χ2n) is 11.8. The number of esters is 1. The van der Waals surface area contributed by atoms with Crippen molar-refractivity contribution in [3.63, 3.8) is 0 Å². The van der Waals surface area contributed by atoms with E-state index in [1.165, 1.54) is 13.2 Å². The molecule has 1 aliphatic rings. The maximum Gasteiger partial charge on any atom is 0.417 e. The van der Waals surface area contributed by atoms with E-state index in [1.807, 2.05) is 54.6 Å². The number of methoxy groups -OCH3 is 1. The Morgan fingerprint density at radius 2 is 1.54 bits per heavy atom. The summed E-state index contributed by atoms with van der Waals surface area (Å²) in [6, 6.07) is 30.0. The zero-order valence-corrected chi connectivity index (χ0v) is 27.7. The molecule has 0 amide bonds. The van der Waals surface area contributed by atoms with Crippen LogP contribution in [-0.4, -0.2) is 80.3 Å². The van der Waals surface area contributed by atoms with Gasteiger partial charge in [0.1, 0.15) is 5.82 Å². The van der Waals surface area contributed by atoms with Crippen LogP contribution in [0.2, 0.25) is 5.02 Å². The van der Waals surface area contributed by atoms with E-state index in [9.17, 15) is 18.0 Å². The summed E-state index contributed by atoms with van der Waals surface area (Å²) >= 11 is 6.36. The van der Waals surface area contributed by atoms with Gasteiger partial charge < -0.3 is 14.4 Å². The van der Waals surface area contributed by atoms with Crippen molar-refractivity contribution in [2.24, 2.45) is 0 Å². The number of halogens is 4. The molecule has 0 atom stereocenters. The summed E-state index contributed by atoms with van der Waals surface area (Å²) in [5.41, 5.74) is 1.83. The van der Waals surface area contributed by atoms with Gasteiger partial charge in [-0.1, -0.05) is 90.5 Å². The molecule has 4 aromatic rings. The zero-order chi connectivity index (χ0) is 33.9. The highest BCUT2D eigenvalue weighted by Gasteiger charge is 2.34. The summed E-state index contributed by atoms with van der Waals surface area (Å²) in [6.07, 6.45) is -3.93. The van der Waals surface area contributed by atoms with E-state index in [1.54, 1.807) is 6.07 Å². The fourth-order valence-corrected chi connectivity index (χ4v) is 6.23. The minimum absolute atomic E-state index is 0.00988. The molecule has 0 radical (unpaired) electrons. The first-order valence-corrected chi connectivity index (χ1v) is 16.4. The number of hydrogen-bond donors (Lipinski definition) is 0. The van der Waals surface area contributed by atoms with E-state index in [0.29, 0.717) is 37.6 Å². The lowest BCUT2D eigenvalue weighted by molar-refractivity contribution is -0.142. The highest BCUT2D eigenvalue weighted by atomic mass is 35.5.